The molecule has 148 valence electrons. The number of fused-ring (bicyclic) bond motifs is 1. The third-order valence-electron chi connectivity index (χ3n) is 4.75. The van der Waals surface area contributed by atoms with Crippen LogP contribution in [0.5, 0.6) is 0 Å². The second-order valence-electron chi connectivity index (χ2n) is 6.80. The van der Waals surface area contributed by atoms with Gasteiger partial charge in [0.15, 0.2) is 0 Å². The molecule has 9 heteroatoms. The normalized spacial score (nSPS) is 13.0. The highest BCUT2D eigenvalue weighted by Gasteiger charge is 2.20. The molecule has 1 aromatic carbocycles. The molecule has 0 unspecified atom stereocenters. The second-order valence-corrected chi connectivity index (χ2v) is 7.19. The third kappa shape index (κ3) is 4.27. The van der Waals surface area contributed by atoms with Crippen molar-refractivity contribution in [2.75, 3.05) is 22.1 Å². The van der Waals surface area contributed by atoms with Gasteiger partial charge in [-0.3, -0.25) is 4.79 Å². The van der Waals surface area contributed by atoms with Crippen molar-refractivity contribution in [3.8, 4) is 0 Å². The van der Waals surface area contributed by atoms with E-state index in [9.17, 15) is 4.79 Å². The third-order valence-corrected chi connectivity index (χ3v) is 4.96. The molecular weight excluding hydrogens is 390 g/mol. The molecule has 1 aliphatic heterocycles. The number of pyridine rings is 1. The molecule has 1 aliphatic rings. The fourth-order valence-electron chi connectivity index (χ4n) is 3.28. The van der Waals surface area contributed by atoms with Gasteiger partial charge in [-0.05, 0) is 36.2 Å². The Morgan fingerprint density at radius 1 is 1.14 bits per heavy atom. The maximum Gasteiger partial charge on any atom is 0.232 e. The summed E-state index contributed by atoms with van der Waals surface area (Å²) in [6.07, 6.45) is 2.27. The highest BCUT2D eigenvalue weighted by Crippen LogP contribution is 2.26. The minimum atomic E-state index is -0.117. The van der Waals surface area contributed by atoms with Gasteiger partial charge in [0.25, 0.3) is 0 Å². The summed E-state index contributed by atoms with van der Waals surface area (Å²) in [5, 5.41) is 6.56. The number of nitrogens with one attached hydrogen (secondary N) is 2. The van der Waals surface area contributed by atoms with Crippen molar-refractivity contribution in [3.63, 3.8) is 0 Å². The number of anilines is 4. The van der Waals surface area contributed by atoms with Gasteiger partial charge in [0, 0.05) is 43.5 Å². The lowest BCUT2D eigenvalue weighted by molar-refractivity contribution is -0.114. The van der Waals surface area contributed by atoms with E-state index in [0.717, 1.165) is 41.2 Å². The van der Waals surface area contributed by atoms with E-state index in [1.165, 1.54) is 13.3 Å². The predicted octanol–water partition coefficient (Wildman–Crippen LogP) is 3.49. The van der Waals surface area contributed by atoms with Gasteiger partial charge >= 0.3 is 0 Å². The number of carbonyl (C=O) groups is 1. The van der Waals surface area contributed by atoms with Gasteiger partial charge in [-0.15, -0.1) is 0 Å². The summed E-state index contributed by atoms with van der Waals surface area (Å²) >= 11 is 5.99. The molecule has 29 heavy (non-hydrogen) atoms. The molecule has 0 atom stereocenters. The van der Waals surface area contributed by atoms with Gasteiger partial charge in [-0.1, -0.05) is 23.7 Å². The minimum Gasteiger partial charge on any atom is -0.336 e. The average Bonchev–Trinajstić information content (AvgIpc) is 2.70. The molecule has 8 nitrogen and oxygen atoms in total. The second kappa shape index (κ2) is 8.00. The highest BCUT2D eigenvalue weighted by molar-refractivity contribution is 6.29. The molecule has 4 rings (SSSR count). The van der Waals surface area contributed by atoms with Crippen LogP contribution in [-0.4, -0.2) is 32.4 Å². The Hall–Kier alpha value is -3.26. The molecule has 2 aromatic heterocycles. The molecule has 0 saturated heterocycles. The van der Waals surface area contributed by atoms with E-state index in [1.54, 1.807) is 6.07 Å². The molecule has 1 amide bonds. The van der Waals surface area contributed by atoms with Gasteiger partial charge < -0.3 is 15.5 Å². The van der Waals surface area contributed by atoms with E-state index in [4.69, 9.17) is 11.6 Å². The fraction of sp³-hybridized carbons (Fsp3) is 0.250. The molecule has 0 bridgehead atoms. The van der Waals surface area contributed by atoms with E-state index in [0.29, 0.717) is 23.6 Å². The first-order valence-electron chi connectivity index (χ1n) is 9.22. The Kier molecular flexibility index (Phi) is 5.26. The monoisotopic (exact) mass is 409 g/mol. The van der Waals surface area contributed by atoms with Crippen LogP contribution in [0.1, 0.15) is 23.7 Å². The van der Waals surface area contributed by atoms with Gasteiger partial charge in [0.05, 0.1) is 0 Å². The average molecular weight is 410 g/mol. The summed E-state index contributed by atoms with van der Waals surface area (Å²) in [4.78, 5) is 31.0. The number of aromatic nitrogens is 4. The minimum absolute atomic E-state index is 0.117. The molecule has 3 heterocycles. The van der Waals surface area contributed by atoms with Crippen LogP contribution in [0.2, 0.25) is 5.15 Å². The zero-order valence-electron chi connectivity index (χ0n) is 16.1. The largest absolute Gasteiger partial charge is 0.336 e. The molecule has 0 aliphatic carbocycles. The van der Waals surface area contributed by atoms with E-state index in [2.05, 4.69) is 35.5 Å². The number of nitrogens with zero attached hydrogens (tertiary/aromatic N) is 5. The van der Waals surface area contributed by atoms with Crippen LogP contribution in [0, 0.1) is 6.92 Å². The standard InChI is InChI=1S/C20H20ClN7O/c1-12-15(24-13(2)29)4-3-5-16(12)26-19-22-11-23-20(27-19)28-9-8-17-14(10-28)6-7-18(21)25-17/h3-7,11H,8-10H2,1-2H3,(H,24,29)(H,22,23,26,27). The van der Waals surface area contributed by atoms with Crippen molar-refractivity contribution < 1.29 is 4.79 Å². The Morgan fingerprint density at radius 2 is 1.97 bits per heavy atom. The lowest BCUT2D eigenvalue weighted by atomic mass is 10.1. The van der Waals surface area contributed by atoms with E-state index >= 15 is 0 Å². The van der Waals surface area contributed by atoms with E-state index < -0.39 is 0 Å². The molecule has 0 spiro atoms. The van der Waals surface area contributed by atoms with E-state index in [-0.39, 0.29) is 5.91 Å². The maximum atomic E-state index is 11.4. The molecule has 0 radical (unpaired) electrons. The Bertz CT molecular complexity index is 1070. The molecule has 3 aromatic rings. The van der Waals surface area contributed by atoms with Crippen molar-refractivity contribution >= 4 is 40.8 Å². The number of hydrogen-bond donors (Lipinski definition) is 2. The van der Waals surface area contributed by atoms with Crippen LogP contribution in [0.15, 0.2) is 36.7 Å². The maximum absolute atomic E-state index is 11.4. The van der Waals surface area contributed by atoms with Crippen LogP contribution < -0.4 is 15.5 Å². The molecule has 2 N–H and O–H groups in total. The SMILES string of the molecule is CC(=O)Nc1cccc(Nc2ncnc(N3CCc4nc(Cl)ccc4C3)n2)c1C. The van der Waals surface area contributed by atoms with E-state index in [1.807, 2.05) is 31.2 Å². The number of hydrogen-bond acceptors (Lipinski definition) is 7. The number of carbonyl (C=O) groups excluding carboxylic acids is 1. The van der Waals surface area contributed by atoms with Crippen LogP contribution in [0.25, 0.3) is 0 Å². The first kappa shape index (κ1) is 19.1. The smallest absolute Gasteiger partial charge is 0.232 e. The first-order valence-corrected chi connectivity index (χ1v) is 9.60. The number of rotatable bonds is 4. The zero-order valence-corrected chi connectivity index (χ0v) is 16.9. The summed E-state index contributed by atoms with van der Waals surface area (Å²) in [6, 6.07) is 9.43. The van der Waals surface area contributed by atoms with Crippen LogP contribution in [0.3, 0.4) is 0 Å². The molecule has 0 saturated carbocycles. The molecular formula is C20H20ClN7O. The van der Waals surface area contributed by atoms with Crippen molar-refractivity contribution in [3.05, 3.63) is 58.6 Å². The van der Waals surface area contributed by atoms with Crippen molar-refractivity contribution in [2.24, 2.45) is 0 Å². The molecule has 0 fully saturated rings. The Labute approximate surface area is 173 Å². The van der Waals surface area contributed by atoms with Crippen molar-refractivity contribution in [1.29, 1.82) is 0 Å². The zero-order chi connectivity index (χ0) is 20.4. The van der Waals surface area contributed by atoms with Gasteiger partial charge in [-0.2, -0.15) is 4.98 Å². The number of amides is 1. The van der Waals surface area contributed by atoms with Crippen LogP contribution in [0.4, 0.5) is 23.3 Å². The van der Waals surface area contributed by atoms with Crippen LogP contribution >= 0.6 is 11.6 Å². The Balaban J connectivity index is 1.54. The lowest BCUT2D eigenvalue weighted by Crippen LogP contribution is -2.32. The summed E-state index contributed by atoms with van der Waals surface area (Å²) in [7, 11) is 0. The summed E-state index contributed by atoms with van der Waals surface area (Å²) in [5.74, 6) is 0.922. The Morgan fingerprint density at radius 3 is 2.79 bits per heavy atom. The lowest BCUT2D eigenvalue weighted by Gasteiger charge is -2.28. The quantitative estimate of drug-likeness (QED) is 0.636. The van der Waals surface area contributed by atoms with Crippen molar-refractivity contribution in [2.45, 2.75) is 26.8 Å². The predicted molar refractivity (Wildman–Crippen MR) is 113 cm³/mol. The van der Waals surface area contributed by atoms with Crippen molar-refractivity contribution in [1.82, 2.24) is 19.9 Å². The van der Waals surface area contributed by atoms with Crippen LogP contribution in [-0.2, 0) is 17.8 Å². The van der Waals surface area contributed by atoms with Gasteiger partial charge in [0.2, 0.25) is 17.8 Å². The number of benzene rings is 1. The summed E-state index contributed by atoms with van der Waals surface area (Å²) in [6.45, 7) is 4.83. The first-order chi connectivity index (χ1) is 14.0. The summed E-state index contributed by atoms with van der Waals surface area (Å²) < 4.78 is 0. The summed E-state index contributed by atoms with van der Waals surface area (Å²) in [5.41, 5.74) is 4.60. The highest BCUT2D eigenvalue weighted by atomic mass is 35.5. The van der Waals surface area contributed by atoms with Gasteiger partial charge in [-0.25, -0.2) is 15.0 Å². The fourth-order valence-corrected chi connectivity index (χ4v) is 3.44. The number of halogens is 1. The van der Waals surface area contributed by atoms with Gasteiger partial charge in [0.1, 0.15) is 11.5 Å². The topological polar surface area (TPSA) is 95.9 Å².